The molecule has 0 unspecified atom stereocenters. The van der Waals surface area contributed by atoms with E-state index >= 15 is 0 Å². The van der Waals surface area contributed by atoms with Crippen molar-refractivity contribution in [3.05, 3.63) is 35.9 Å². The fourth-order valence-corrected chi connectivity index (χ4v) is 5.21. The van der Waals surface area contributed by atoms with Gasteiger partial charge in [0.2, 0.25) is 0 Å². The van der Waals surface area contributed by atoms with E-state index < -0.39 is 17.6 Å². The Morgan fingerprint density at radius 2 is 1.74 bits per heavy atom. The lowest BCUT2D eigenvalue weighted by atomic mass is 9.76. The first-order valence-electron chi connectivity index (χ1n) is 12.5. The summed E-state index contributed by atoms with van der Waals surface area (Å²) >= 11 is 0. The van der Waals surface area contributed by atoms with Crippen LogP contribution >= 0.6 is 0 Å². The van der Waals surface area contributed by atoms with Crippen LogP contribution in [0.1, 0.15) is 52.5 Å². The van der Waals surface area contributed by atoms with Crippen LogP contribution in [0.5, 0.6) is 0 Å². The zero-order chi connectivity index (χ0) is 25.9. The first-order valence-corrected chi connectivity index (χ1v) is 12.5. The Hall–Kier alpha value is -2.10. The van der Waals surface area contributed by atoms with E-state index in [0.717, 1.165) is 24.7 Å². The maximum absolute atomic E-state index is 13.3. The molecule has 0 aromatic heterocycles. The fraction of sp³-hybridized carbons (Fsp3) is 0.692. The average molecular weight is 488 g/mol. The number of hydrogen-bond acceptors (Lipinski definition) is 7. The van der Waals surface area contributed by atoms with E-state index in [1.165, 1.54) is 7.11 Å². The quantitative estimate of drug-likeness (QED) is 0.384. The summed E-state index contributed by atoms with van der Waals surface area (Å²) < 4.78 is 23.2. The molecule has 35 heavy (non-hydrogen) atoms. The summed E-state index contributed by atoms with van der Waals surface area (Å²) in [6.45, 7) is 9.13. The molecule has 8 nitrogen and oxygen atoms in total. The van der Waals surface area contributed by atoms with Crippen LogP contribution in [0.15, 0.2) is 30.3 Å². The molecule has 0 saturated carbocycles. The Kier molecular flexibility index (Phi) is 8.55. The molecule has 2 heterocycles. The smallest absolute Gasteiger partial charge is 0.457 e. The van der Waals surface area contributed by atoms with Crippen molar-refractivity contribution in [1.82, 2.24) is 9.80 Å². The molecule has 2 saturated heterocycles. The number of nitrogens with zero attached hydrogens (tertiary/aromatic N) is 2. The molecule has 0 radical (unpaired) electrons. The van der Waals surface area contributed by atoms with E-state index in [4.69, 9.17) is 18.8 Å². The molecule has 9 heteroatoms. The van der Waals surface area contributed by atoms with Gasteiger partial charge in [-0.05, 0) is 72.4 Å². The highest BCUT2D eigenvalue weighted by Gasteiger charge is 2.58. The number of amides is 1. The maximum Gasteiger partial charge on any atom is 0.457 e. The predicted octanol–water partition coefficient (Wildman–Crippen LogP) is 3.99. The van der Waals surface area contributed by atoms with E-state index in [1.54, 1.807) is 4.90 Å². The topological polar surface area (TPSA) is 77.5 Å². The Morgan fingerprint density at radius 1 is 1.11 bits per heavy atom. The first kappa shape index (κ1) is 27.5. The minimum atomic E-state index is -1.11. The average Bonchev–Trinajstić information content (AvgIpc) is 3.25. The van der Waals surface area contributed by atoms with Gasteiger partial charge in [-0.2, -0.15) is 0 Å². The second-order valence-electron chi connectivity index (χ2n) is 10.9. The summed E-state index contributed by atoms with van der Waals surface area (Å²) in [5.41, 5.74) is -0.951. The molecular formula is C26H41BN2O6. The standard InChI is InChI=1S/C26H41BN2O6/c1-24(2)25(3,4)35-27(34-24)16-11-14-21-15-17-29(26(21,19-28(5)6)22(30)32-7)23(31)33-18-20-12-9-8-10-13-20/h8-10,12-13,21H,11,14-19H2,1-7H3/t21-,26+/m1/s1. The Bertz CT molecular complexity index is 862. The monoisotopic (exact) mass is 488 g/mol. The summed E-state index contributed by atoms with van der Waals surface area (Å²) in [4.78, 5) is 30.1. The summed E-state index contributed by atoms with van der Waals surface area (Å²) in [5.74, 6) is -0.468. The molecule has 2 atom stereocenters. The van der Waals surface area contributed by atoms with Crippen molar-refractivity contribution in [2.75, 3.05) is 34.3 Å². The van der Waals surface area contributed by atoms with Crippen LogP contribution in [0, 0.1) is 5.92 Å². The van der Waals surface area contributed by atoms with Crippen molar-refractivity contribution in [3.63, 3.8) is 0 Å². The number of hydrogen-bond donors (Lipinski definition) is 0. The Morgan fingerprint density at radius 3 is 2.31 bits per heavy atom. The van der Waals surface area contributed by atoms with Crippen LogP contribution in [0.25, 0.3) is 0 Å². The number of methoxy groups -OCH3 is 1. The number of benzene rings is 1. The van der Waals surface area contributed by atoms with Gasteiger partial charge in [0.25, 0.3) is 0 Å². The largest absolute Gasteiger partial charge is 0.467 e. The summed E-state index contributed by atoms with van der Waals surface area (Å²) in [6.07, 6.45) is 2.48. The van der Waals surface area contributed by atoms with E-state index in [1.807, 2.05) is 77.0 Å². The van der Waals surface area contributed by atoms with E-state index in [2.05, 4.69) is 0 Å². The molecule has 0 bridgehead atoms. The molecule has 3 rings (SSSR count). The van der Waals surface area contributed by atoms with Gasteiger partial charge < -0.3 is 23.7 Å². The third-order valence-electron chi connectivity index (χ3n) is 7.67. The summed E-state index contributed by atoms with van der Waals surface area (Å²) in [7, 11) is 4.90. The Balaban J connectivity index is 1.72. The van der Waals surface area contributed by atoms with Gasteiger partial charge in [0, 0.05) is 13.1 Å². The van der Waals surface area contributed by atoms with Crippen LogP contribution in [0.2, 0.25) is 6.32 Å². The number of carbonyl (C=O) groups is 2. The minimum absolute atomic E-state index is 0.0657. The first-order chi connectivity index (χ1) is 16.4. The maximum atomic E-state index is 13.3. The van der Waals surface area contributed by atoms with Gasteiger partial charge in [0.05, 0.1) is 18.3 Å². The van der Waals surface area contributed by atoms with E-state index in [9.17, 15) is 9.59 Å². The minimum Gasteiger partial charge on any atom is -0.467 e. The zero-order valence-corrected chi connectivity index (χ0v) is 22.3. The fourth-order valence-electron chi connectivity index (χ4n) is 5.21. The van der Waals surface area contributed by atoms with Crippen molar-refractivity contribution in [2.45, 2.75) is 76.6 Å². The van der Waals surface area contributed by atoms with E-state index in [-0.39, 0.29) is 30.8 Å². The number of likely N-dealkylation sites (tertiary alicyclic amines) is 1. The molecule has 1 aromatic carbocycles. The van der Waals surface area contributed by atoms with Crippen molar-refractivity contribution in [1.29, 1.82) is 0 Å². The van der Waals surface area contributed by atoms with Crippen molar-refractivity contribution in [3.8, 4) is 0 Å². The van der Waals surface area contributed by atoms with Crippen LogP contribution in [0.3, 0.4) is 0 Å². The van der Waals surface area contributed by atoms with E-state index in [0.29, 0.717) is 19.5 Å². The Labute approximate surface area is 210 Å². The number of rotatable bonds is 9. The molecule has 2 fully saturated rings. The van der Waals surface area contributed by atoms with Gasteiger partial charge in [-0.25, -0.2) is 9.59 Å². The second kappa shape index (κ2) is 10.9. The lowest BCUT2D eigenvalue weighted by Gasteiger charge is -2.40. The van der Waals surface area contributed by atoms with Gasteiger partial charge in [-0.1, -0.05) is 36.8 Å². The van der Waals surface area contributed by atoms with Gasteiger partial charge in [-0.3, -0.25) is 4.90 Å². The highest BCUT2D eigenvalue weighted by molar-refractivity contribution is 6.45. The van der Waals surface area contributed by atoms with Gasteiger partial charge in [0.1, 0.15) is 6.61 Å². The predicted molar refractivity (Wildman–Crippen MR) is 135 cm³/mol. The molecule has 0 spiro atoms. The third kappa shape index (κ3) is 5.84. The van der Waals surface area contributed by atoms with Gasteiger partial charge in [-0.15, -0.1) is 0 Å². The molecule has 2 aliphatic rings. The van der Waals surface area contributed by atoms with Crippen molar-refractivity contribution in [2.24, 2.45) is 5.92 Å². The summed E-state index contributed by atoms with van der Waals surface area (Å²) in [5, 5.41) is 0. The third-order valence-corrected chi connectivity index (χ3v) is 7.67. The number of esters is 1. The highest BCUT2D eigenvalue weighted by Crippen LogP contribution is 2.42. The molecular weight excluding hydrogens is 447 g/mol. The molecule has 1 amide bonds. The normalized spacial score (nSPS) is 25.2. The summed E-state index contributed by atoms with van der Waals surface area (Å²) in [6, 6.07) is 9.53. The molecule has 0 N–H and O–H groups in total. The number of likely N-dealkylation sites (N-methyl/N-ethyl adjacent to an activating group) is 1. The lowest BCUT2D eigenvalue weighted by molar-refractivity contribution is -0.156. The number of carbonyl (C=O) groups excluding carboxylic acids is 2. The van der Waals surface area contributed by atoms with Crippen molar-refractivity contribution < 1.29 is 28.4 Å². The van der Waals surface area contributed by atoms with Crippen molar-refractivity contribution >= 4 is 19.2 Å². The zero-order valence-electron chi connectivity index (χ0n) is 22.3. The van der Waals surface area contributed by atoms with Crippen LogP contribution in [-0.2, 0) is 30.2 Å². The lowest BCUT2D eigenvalue weighted by Crippen LogP contribution is -2.62. The van der Waals surface area contributed by atoms with Crippen LogP contribution < -0.4 is 0 Å². The second-order valence-corrected chi connectivity index (χ2v) is 10.9. The molecule has 2 aliphatic heterocycles. The molecule has 0 aliphatic carbocycles. The number of ether oxygens (including phenoxy) is 2. The SMILES string of the molecule is COC(=O)[C@]1(CN(C)C)[C@H](CCCB2OC(C)(C)C(C)(C)O2)CCN1C(=O)OCc1ccccc1. The van der Waals surface area contributed by atoms with Crippen LogP contribution in [-0.4, -0.2) is 80.0 Å². The van der Waals surface area contributed by atoms with Crippen LogP contribution in [0.4, 0.5) is 4.79 Å². The van der Waals surface area contributed by atoms with Gasteiger partial charge >= 0.3 is 19.2 Å². The highest BCUT2D eigenvalue weighted by atomic mass is 16.7. The molecule has 194 valence electrons. The molecule has 1 aromatic rings. The van der Waals surface area contributed by atoms with Gasteiger partial charge in [0.15, 0.2) is 5.54 Å².